The number of aromatic nitrogens is 3. The molecule has 0 aliphatic heterocycles. The van der Waals surface area contributed by atoms with Crippen LogP contribution in [0.4, 0.5) is 0 Å². The molecule has 0 radical (unpaired) electrons. The molecule has 58 heavy (non-hydrogen) atoms. The highest BCUT2D eigenvalue weighted by atomic mass is 16.3. The number of aromatic hydroxyl groups is 1. The van der Waals surface area contributed by atoms with Gasteiger partial charge in [0.2, 0.25) is 0 Å². The van der Waals surface area contributed by atoms with Crippen molar-refractivity contribution in [2.75, 3.05) is 0 Å². The summed E-state index contributed by atoms with van der Waals surface area (Å²) >= 11 is 0. The molecule has 9 aromatic rings. The molecule has 0 amide bonds. The van der Waals surface area contributed by atoms with E-state index in [1.807, 2.05) is 24.4 Å². The Morgan fingerprint density at radius 3 is 1.76 bits per heavy atom. The predicted molar refractivity (Wildman–Crippen MR) is 243 cm³/mol. The molecule has 0 spiro atoms. The first-order valence-electron chi connectivity index (χ1n) is 20.0. The Morgan fingerprint density at radius 2 is 1.05 bits per heavy atom. The molecule has 0 aliphatic rings. The fourth-order valence-corrected chi connectivity index (χ4v) is 7.91. The molecule has 0 atom stereocenters. The highest BCUT2D eigenvalue weighted by Crippen LogP contribution is 2.39. The molecule has 4 heteroatoms. The molecule has 0 unspecified atom stereocenters. The minimum Gasteiger partial charge on any atom is -0.507 e. The van der Waals surface area contributed by atoms with Crippen molar-refractivity contribution in [2.24, 2.45) is 0 Å². The monoisotopic (exact) mass is 753 g/mol. The van der Waals surface area contributed by atoms with E-state index in [1.54, 1.807) is 6.07 Å². The van der Waals surface area contributed by atoms with Gasteiger partial charge in [-0.1, -0.05) is 139 Å². The molecular weight excluding hydrogens is 707 g/mol. The largest absolute Gasteiger partial charge is 0.507 e. The second-order valence-electron chi connectivity index (χ2n) is 17.4. The van der Waals surface area contributed by atoms with E-state index >= 15 is 0 Å². The van der Waals surface area contributed by atoms with Gasteiger partial charge in [0.05, 0.1) is 28.1 Å². The molecule has 3 heterocycles. The van der Waals surface area contributed by atoms with E-state index in [4.69, 9.17) is 9.97 Å². The lowest BCUT2D eigenvalue weighted by atomic mass is 9.79. The molecule has 6 aromatic carbocycles. The van der Waals surface area contributed by atoms with Crippen molar-refractivity contribution >= 4 is 21.8 Å². The van der Waals surface area contributed by atoms with Gasteiger partial charge in [0, 0.05) is 44.9 Å². The number of phenolic OH excluding ortho intramolecular Hbond substituents is 1. The highest BCUT2D eigenvalue weighted by molar-refractivity contribution is 6.10. The molecular formula is C54H47N3O. The molecule has 4 nitrogen and oxygen atoms in total. The first-order chi connectivity index (χ1) is 27.9. The van der Waals surface area contributed by atoms with E-state index in [1.165, 1.54) is 32.9 Å². The fourth-order valence-electron chi connectivity index (χ4n) is 7.91. The molecule has 9 rings (SSSR count). The van der Waals surface area contributed by atoms with Crippen LogP contribution in [0, 0.1) is 0 Å². The van der Waals surface area contributed by atoms with Crippen molar-refractivity contribution < 1.29 is 5.11 Å². The summed E-state index contributed by atoms with van der Waals surface area (Å²) in [6, 6.07) is 57.3. The lowest BCUT2D eigenvalue weighted by molar-refractivity contribution is 0.477. The van der Waals surface area contributed by atoms with Crippen LogP contribution < -0.4 is 0 Å². The van der Waals surface area contributed by atoms with Gasteiger partial charge in [0.25, 0.3) is 0 Å². The molecule has 3 aromatic heterocycles. The number of para-hydroxylation sites is 3. The van der Waals surface area contributed by atoms with Crippen LogP contribution in [0.5, 0.6) is 5.75 Å². The topological polar surface area (TPSA) is 50.9 Å². The smallest absolute Gasteiger partial charge is 0.124 e. The number of benzene rings is 6. The summed E-state index contributed by atoms with van der Waals surface area (Å²) in [5.41, 5.74) is 15.5. The van der Waals surface area contributed by atoms with Crippen molar-refractivity contribution in [3.63, 3.8) is 0 Å². The van der Waals surface area contributed by atoms with Crippen molar-refractivity contribution in [1.29, 1.82) is 0 Å². The second-order valence-corrected chi connectivity index (χ2v) is 17.4. The maximum atomic E-state index is 11.0. The zero-order valence-corrected chi connectivity index (χ0v) is 34.0. The van der Waals surface area contributed by atoms with Gasteiger partial charge in [-0.3, -0.25) is 4.98 Å². The third-order valence-corrected chi connectivity index (χ3v) is 11.2. The molecule has 0 bridgehead atoms. The number of nitrogens with zero attached hydrogens (tertiary/aromatic N) is 3. The van der Waals surface area contributed by atoms with Gasteiger partial charge in [-0.25, -0.2) is 4.98 Å². The SMILES string of the molecule is CC(C)(C)c1cc(-c2cc(-c3cccc(-c4ccc(-c5ccc6c(c5)c5ccccc5n6-c5ccccc5)cn4)c3)nc(-c3ccccc3O)c2)cc(C(C)(C)C)c1. The molecule has 0 aliphatic carbocycles. The summed E-state index contributed by atoms with van der Waals surface area (Å²) in [4.78, 5) is 10.2. The van der Waals surface area contributed by atoms with Crippen molar-refractivity contribution in [3.8, 4) is 67.5 Å². The number of pyridine rings is 2. The minimum absolute atomic E-state index is 0.0290. The Balaban J connectivity index is 1.10. The fraction of sp³-hybridized carbons (Fsp3) is 0.148. The van der Waals surface area contributed by atoms with Crippen molar-refractivity contribution in [3.05, 3.63) is 181 Å². The number of hydrogen-bond acceptors (Lipinski definition) is 3. The van der Waals surface area contributed by atoms with Gasteiger partial charge < -0.3 is 9.67 Å². The van der Waals surface area contributed by atoms with Crippen LogP contribution >= 0.6 is 0 Å². The maximum absolute atomic E-state index is 11.0. The third kappa shape index (κ3) is 6.96. The van der Waals surface area contributed by atoms with Crippen LogP contribution in [-0.2, 0) is 10.8 Å². The van der Waals surface area contributed by atoms with Crippen LogP contribution in [0.2, 0.25) is 0 Å². The Hall–Kier alpha value is -6.78. The van der Waals surface area contributed by atoms with Crippen LogP contribution in [-0.4, -0.2) is 19.6 Å². The molecule has 0 fully saturated rings. The first-order valence-corrected chi connectivity index (χ1v) is 20.0. The molecule has 1 N–H and O–H groups in total. The summed E-state index contributed by atoms with van der Waals surface area (Å²) in [7, 11) is 0. The van der Waals surface area contributed by atoms with Crippen molar-refractivity contribution in [2.45, 2.75) is 52.4 Å². The van der Waals surface area contributed by atoms with Gasteiger partial charge in [0.1, 0.15) is 5.75 Å². The summed E-state index contributed by atoms with van der Waals surface area (Å²) in [6.45, 7) is 13.6. The van der Waals surface area contributed by atoms with E-state index in [2.05, 4.69) is 186 Å². The number of fused-ring (bicyclic) bond motifs is 3. The van der Waals surface area contributed by atoms with E-state index < -0.39 is 0 Å². The van der Waals surface area contributed by atoms with Gasteiger partial charge in [0.15, 0.2) is 0 Å². The van der Waals surface area contributed by atoms with Gasteiger partial charge in [-0.15, -0.1) is 0 Å². The zero-order valence-electron chi connectivity index (χ0n) is 34.0. The van der Waals surface area contributed by atoms with Crippen LogP contribution in [0.3, 0.4) is 0 Å². The second kappa shape index (κ2) is 14.3. The molecule has 0 saturated heterocycles. The standard InChI is InChI=1S/C54H47N3O/c1-53(2,3)41-28-39(29-42(33-41)54(4,5)6)40-31-48(56-49(32-40)45-20-11-13-22-52(45)58)37-16-14-15-36(27-37)47-25-23-38(34-55-47)35-24-26-51-46(30-35)44-19-10-12-21-50(44)57(51)43-17-8-7-9-18-43/h7-34,58H,1-6H3. The van der Waals surface area contributed by atoms with Crippen molar-refractivity contribution in [1.82, 2.24) is 14.5 Å². The third-order valence-electron chi connectivity index (χ3n) is 11.2. The molecule has 0 saturated carbocycles. The van der Waals surface area contributed by atoms with Gasteiger partial charge in [-0.2, -0.15) is 0 Å². The summed E-state index contributed by atoms with van der Waals surface area (Å²) < 4.78 is 2.34. The lowest BCUT2D eigenvalue weighted by Crippen LogP contribution is -2.16. The normalized spacial score (nSPS) is 12.0. The first kappa shape index (κ1) is 36.8. The van der Waals surface area contributed by atoms with E-state index in [0.29, 0.717) is 5.56 Å². The van der Waals surface area contributed by atoms with E-state index in [0.717, 1.165) is 56.1 Å². The summed E-state index contributed by atoms with van der Waals surface area (Å²) in [6.07, 6.45) is 1.98. The van der Waals surface area contributed by atoms with Gasteiger partial charge in [-0.05, 0) is 105 Å². The summed E-state index contributed by atoms with van der Waals surface area (Å²) in [5.74, 6) is 0.205. The van der Waals surface area contributed by atoms with Crippen LogP contribution in [0.1, 0.15) is 52.7 Å². The van der Waals surface area contributed by atoms with Gasteiger partial charge >= 0.3 is 0 Å². The Labute approximate surface area is 341 Å². The number of phenols is 1. The average Bonchev–Trinajstić information content (AvgIpc) is 3.57. The van der Waals surface area contributed by atoms with Crippen LogP contribution in [0.15, 0.2) is 170 Å². The van der Waals surface area contributed by atoms with Crippen LogP contribution in [0.25, 0.3) is 83.5 Å². The Bertz CT molecular complexity index is 2930. The predicted octanol–water partition coefficient (Wildman–Crippen LogP) is 14.2. The summed E-state index contributed by atoms with van der Waals surface area (Å²) in [5, 5.41) is 13.4. The number of hydrogen-bond donors (Lipinski definition) is 1. The zero-order chi connectivity index (χ0) is 40.2. The average molecular weight is 754 g/mol. The van der Waals surface area contributed by atoms with E-state index in [9.17, 15) is 5.11 Å². The lowest BCUT2D eigenvalue weighted by Gasteiger charge is -2.26. The molecule has 284 valence electrons. The highest BCUT2D eigenvalue weighted by Gasteiger charge is 2.22. The van der Waals surface area contributed by atoms with E-state index in [-0.39, 0.29) is 16.6 Å². The Kier molecular flexibility index (Phi) is 9.09. The Morgan fingerprint density at radius 1 is 0.431 bits per heavy atom. The number of rotatable bonds is 6. The maximum Gasteiger partial charge on any atom is 0.124 e. The quantitative estimate of drug-likeness (QED) is 0.184. The minimum atomic E-state index is -0.0290.